The van der Waals surface area contributed by atoms with Crippen molar-refractivity contribution in [1.82, 2.24) is 10.2 Å². The van der Waals surface area contributed by atoms with E-state index in [9.17, 15) is 9.59 Å². The lowest BCUT2D eigenvalue weighted by atomic mass is 10.0. The van der Waals surface area contributed by atoms with Gasteiger partial charge >= 0.3 is 0 Å². The van der Waals surface area contributed by atoms with E-state index in [1.807, 2.05) is 42.5 Å². The van der Waals surface area contributed by atoms with Gasteiger partial charge in [-0.1, -0.05) is 67.1 Å². The summed E-state index contributed by atoms with van der Waals surface area (Å²) in [6.07, 6.45) is 1.93. The maximum absolute atomic E-state index is 12.8. The monoisotopic (exact) mass is 370 g/mol. The molecule has 0 saturated carbocycles. The van der Waals surface area contributed by atoms with Crippen LogP contribution in [0.15, 0.2) is 67.3 Å². The number of nitrogens with one attached hydrogen (secondary N) is 1. The van der Waals surface area contributed by atoms with Crippen molar-refractivity contribution >= 4 is 23.4 Å². The van der Waals surface area contributed by atoms with Crippen molar-refractivity contribution in [3.63, 3.8) is 0 Å². The van der Waals surface area contributed by atoms with Crippen LogP contribution < -0.4 is 5.32 Å². The second-order valence-corrected chi connectivity index (χ2v) is 6.29. The highest BCUT2D eigenvalue weighted by atomic mass is 35.5. The number of rotatable bonds is 8. The number of hydrogen-bond acceptors (Lipinski definition) is 2. The number of benzene rings is 2. The molecule has 136 valence electrons. The molecule has 1 unspecified atom stereocenters. The fourth-order valence-electron chi connectivity index (χ4n) is 2.69. The fourth-order valence-corrected chi connectivity index (χ4v) is 2.82. The Balaban J connectivity index is 2.39. The maximum atomic E-state index is 12.8. The van der Waals surface area contributed by atoms with E-state index >= 15 is 0 Å². The van der Waals surface area contributed by atoms with Gasteiger partial charge in [0, 0.05) is 24.5 Å². The minimum Gasteiger partial charge on any atom is -0.351 e. The molecule has 0 saturated heterocycles. The van der Waals surface area contributed by atoms with Crippen molar-refractivity contribution in [1.29, 1.82) is 0 Å². The van der Waals surface area contributed by atoms with Crippen LogP contribution in [0.1, 0.15) is 30.5 Å². The molecule has 2 aromatic carbocycles. The second-order valence-electron chi connectivity index (χ2n) is 5.85. The van der Waals surface area contributed by atoms with Crippen LogP contribution in [0.5, 0.6) is 0 Å². The van der Waals surface area contributed by atoms with E-state index in [-0.39, 0.29) is 11.8 Å². The normalized spacial score (nSPS) is 11.5. The number of carbonyl (C=O) groups is 2. The highest BCUT2D eigenvalue weighted by molar-refractivity contribution is 6.30. The topological polar surface area (TPSA) is 49.4 Å². The van der Waals surface area contributed by atoms with Crippen molar-refractivity contribution in [3.05, 3.63) is 83.4 Å². The molecule has 0 bridgehead atoms. The van der Waals surface area contributed by atoms with Crippen molar-refractivity contribution in [2.45, 2.75) is 25.9 Å². The number of hydrogen-bond donors (Lipinski definition) is 1. The van der Waals surface area contributed by atoms with Gasteiger partial charge in [-0.2, -0.15) is 0 Å². The highest BCUT2D eigenvalue weighted by Gasteiger charge is 2.30. The molecule has 2 rings (SSSR count). The lowest BCUT2D eigenvalue weighted by Gasteiger charge is -2.31. The Morgan fingerprint density at radius 2 is 1.81 bits per heavy atom. The van der Waals surface area contributed by atoms with Gasteiger partial charge in [-0.3, -0.25) is 9.59 Å². The molecule has 0 aliphatic heterocycles. The molecule has 0 aliphatic rings. The van der Waals surface area contributed by atoms with Crippen LogP contribution >= 0.6 is 11.6 Å². The van der Waals surface area contributed by atoms with Gasteiger partial charge in [-0.05, 0) is 23.3 Å². The standard InChI is InChI=1S/C21H23ClN2O2/c1-3-14-23-21(26)20(17-8-6-5-7-9-17)24(19(25)4-2)15-16-10-12-18(22)13-11-16/h3,5-13,20H,1,4,14-15H2,2H3,(H,23,26). The predicted molar refractivity (Wildman–Crippen MR) is 105 cm³/mol. The average Bonchev–Trinajstić information content (AvgIpc) is 2.67. The Kier molecular flexibility index (Phi) is 7.42. The van der Waals surface area contributed by atoms with Gasteiger partial charge in [0.05, 0.1) is 0 Å². The van der Waals surface area contributed by atoms with E-state index in [1.54, 1.807) is 30.0 Å². The first-order chi connectivity index (χ1) is 12.6. The molecule has 1 N–H and O–H groups in total. The SMILES string of the molecule is C=CCNC(=O)C(c1ccccc1)N(Cc1ccc(Cl)cc1)C(=O)CC. The molecule has 0 aliphatic carbocycles. The second kappa shape index (κ2) is 9.78. The van der Waals surface area contributed by atoms with Crippen molar-refractivity contribution in [3.8, 4) is 0 Å². The van der Waals surface area contributed by atoms with Crippen molar-refractivity contribution in [2.24, 2.45) is 0 Å². The Bertz CT molecular complexity index is 744. The number of amides is 2. The Morgan fingerprint density at radius 3 is 2.38 bits per heavy atom. The summed E-state index contributed by atoms with van der Waals surface area (Å²) in [5, 5.41) is 3.44. The quantitative estimate of drug-likeness (QED) is 0.710. The minimum absolute atomic E-state index is 0.0949. The first-order valence-electron chi connectivity index (χ1n) is 8.54. The van der Waals surface area contributed by atoms with Crippen LogP contribution in [0.25, 0.3) is 0 Å². The van der Waals surface area contributed by atoms with Crippen LogP contribution in [0.4, 0.5) is 0 Å². The molecule has 4 nitrogen and oxygen atoms in total. The number of nitrogens with zero attached hydrogens (tertiary/aromatic N) is 1. The summed E-state index contributed by atoms with van der Waals surface area (Å²) in [6, 6.07) is 15.9. The van der Waals surface area contributed by atoms with Crippen LogP contribution in [0.2, 0.25) is 5.02 Å². The summed E-state index contributed by atoms with van der Waals surface area (Å²) in [7, 11) is 0. The molecular weight excluding hydrogens is 348 g/mol. The van der Waals surface area contributed by atoms with Gasteiger partial charge < -0.3 is 10.2 Å². The summed E-state index contributed by atoms with van der Waals surface area (Å²) in [6.45, 7) is 6.09. The molecule has 0 spiro atoms. The fraction of sp³-hybridized carbons (Fsp3) is 0.238. The summed E-state index contributed by atoms with van der Waals surface area (Å²) in [4.78, 5) is 27.1. The molecule has 0 fully saturated rings. The molecule has 0 radical (unpaired) electrons. The Labute approximate surface area is 159 Å². The summed E-state index contributed by atoms with van der Waals surface area (Å²) >= 11 is 5.95. The third-order valence-electron chi connectivity index (χ3n) is 3.98. The smallest absolute Gasteiger partial charge is 0.247 e. The third-order valence-corrected chi connectivity index (χ3v) is 4.24. The van der Waals surface area contributed by atoms with E-state index in [1.165, 1.54) is 0 Å². The molecular formula is C21H23ClN2O2. The Morgan fingerprint density at radius 1 is 1.15 bits per heavy atom. The van der Waals surface area contributed by atoms with Crippen LogP contribution in [-0.2, 0) is 16.1 Å². The van der Waals surface area contributed by atoms with Crippen molar-refractivity contribution in [2.75, 3.05) is 6.54 Å². The van der Waals surface area contributed by atoms with Gasteiger partial charge in [-0.25, -0.2) is 0 Å². The number of carbonyl (C=O) groups excluding carboxylic acids is 2. The lowest BCUT2D eigenvalue weighted by molar-refractivity contribution is -0.141. The van der Waals surface area contributed by atoms with Crippen molar-refractivity contribution < 1.29 is 9.59 Å². The van der Waals surface area contributed by atoms with E-state index in [4.69, 9.17) is 11.6 Å². The maximum Gasteiger partial charge on any atom is 0.247 e. The molecule has 1 atom stereocenters. The van der Waals surface area contributed by atoms with Gasteiger partial charge in [0.15, 0.2) is 0 Å². The molecule has 26 heavy (non-hydrogen) atoms. The molecule has 5 heteroatoms. The molecule has 2 amide bonds. The zero-order valence-corrected chi connectivity index (χ0v) is 15.6. The highest BCUT2D eigenvalue weighted by Crippen LogP contribution is 2.25. The zero-order chi connectivity index (χ0) is 18.9. The van der Waals surface area contributed by atoms with Crippen LogP contribution in [0, 0.1) is 0 Å². The molecule has 0 aromatic heterocycles. The van der Waals surface area contributed by atoms with Gasteiger partial charge in [0.2, 0.25) is 11.8 Å². The minimum atomic E-state index is -0.709. The van der Waals surface area contributed by atoms with Gasteiger partial charge in [0.25, 0.3) is 0 Å². The first kappa shape index (κ1) is 19.7. The van der Waals surface area contributed by atoms with Crippen LogP contribution in [-0.4, -0.2) is 23.3 Å². The van der Waals surface area contributed by atoms with E-state index in [2.05, 4.69) is 11.9 Å². The first-order valence-corrected chi connectivity index (χ1v) is 8.92. The van der Waals surface area contributed by atoms with Crippen LogP contribution in [0.3, 0.4) is 0 Å². The van der Waals surface area contributed by atoms with Gasteiger partial charge in [0.1, 0.15) is 6.04 Å². The summed E-state index contributed by atoms with van der Waals surface area (Å²) < 4.78 is 0. The zero-order valence-electron chi connectivity index (χ0n) is 14.8. The summed E-state index contributed by atoms with van der Waals surface area (Å²) in [5.74, 6) is -0.325. The van der Waals surface area contributed by atoms with E-state index < -0.39 is 6.04 Å². The summed E-state index contributed by atoms with van der Waals surface area (Å²) in [5.41, 5.74) is 1.68. The largest absolute Gasteiger partial charge is 0.351 e. The van der Waals surface area contributed by atoms with E-state index in [0.29, 0.717) is 24.5 Å². The molecule has 0 heterocycles. The number of halogens is 1. The van der Waals surface area contributed by atoms with Gasteiger partial charge in [-0.15, -0.1) is 6.58 Å². The average molecular weight is 371 g/mol. The predicted octanol–water partition coefficient (Wildman–Crippen LogP) is 4.12. The van der Waals surface area contributed by atoms with E-state index in [0.717, 1.165) is 11.1 Å². The lowest BCUT2D eigenvalue weighted by Crippen LogP contribution is -2.43. The molecule has 2 aromatic rings. The third kappa shape index (κ3) is 5.20. The Hall–Kier alpha value is -2.59.